The van der Waals surface area contributed by atoms with E-state index in [1.54, 1.807) is 0 Å². The Morgan fingerprint density at radius 2 is 0.981 bits per heavy atom. The fourth-order valence-electron chi connectivity index (χ4n) is 8.73. The van der Waals surface area contributed by atoms with Gasteiger partial charge < -0.3 is 4.90 Å². The fourth-order valence-corrected chi connectivity index (χ4v) is 8.73. The minimum absolute atomic E-state index is 0.121. The molecular formula is C53H39N. The molecule has 0 aromatic heterocycles. The van der Waals surface area contributed by atoms with Crippen LogP contribution in [0, 0.1) is 0 Å². The van der Waals surface area contributed by atoms with Crippen molar-refractivity contribution in [1.29, 1.82) is 0 Å². The lowest BCUT2D eigenvalue weighted by atomic mass is 9.82. The third-order valence-electron chi connectivity index (χ3n) is 11.5. The van der Waals surface area contributed by atoms with E-state index in [1.165, 1.54) is 82.9 Å². The van der Waals surface area contributed by atoms with Gasteiger partial charge in [0.25, 0.3) is 0 Å². The zero-order valence-electron chi connectivity index (χ0n) is 30.5. The standard InChI is InChI=1S/C53H39N/c1-53(2)48-23-11-10-21-46(48)52-49(53)24-13-25-51(52)54(43-31-28-39(29-32-43)45-22-12-19-38-17-8-9-20-44(38)45)50-33-30-41(36-14-4-3-5-15-36)35-47(50)42-27-26-37-16-6-7-18-40(37)34-42/h3-35H,1-2H3. The molecule has 9 aromatic carbocycles. The molecule has 10 rings (SSSR count). The monoisotopic (exact) mass is 689 g/mol. The molecule has 0 aliphatic heterocycles. The second-order valence-corrected chi connectivity index (χ2v) is 14.9. The summed E-state index contributed by atoms with van der Waals surface area (Å²) in [4.78, 5) is 2.50. The highest BCUT2D eigenvalue weighted by Crippen LogP contribution is 2.55. The number of benzene rings is 9. The molecule has 0 radical (unpaired) electrons. The molecule has 1 nitrogen and oxygen atoms in total. The summed E-state index contributed by atoms with van der Waals surface area (Å²) in [6, 6.07) is 73.5. The highest BCUT2D eigenvalue weighted by Gasteiger charge is 2.38. The molecule has 1 aliphatic carbocycles. The van der Waals surface area contributed by atoms with Crippen LogP contribution < -0.4 is 4.90 Å². The first kappa shape index (κ1) is 32.0. The Morgan fingerprint density at radius 1 is 0.352 bits per heavy atom. The van der Waals surface area contributed by atoms with E-state index >= 15 is 0 Å². The molecule has 9 aromatic rings. The van der Waals surface area contributed by atoms with Crippen molar-refractivity contribution in [1.82, 2.24) is 0 Å². The van der Waals surface area contributed by atoms with Gasteiger partial charge in [0.15, 0.2) is 0 Å². The Balaban J connectivity index is 1.23. The van der Waals surface area contributed by atoms with Gasteiger partial charge in [0, 0.05) is 22.2 Å². The van der Waals surface area contributed by atoms with Crippen molar-refractivity contribution < 1.29 is 0 Å². The number of hydrogen-bond acceptors (Lipinski definition) is 1. The van der Waals surface area contributed by atoms with Crippen molar-refractivity contribution in [2.45, 2.75) is 19.3 Å². The smallest absolute Gasteiger partial charge is 0.0543 e. The van der Waals surface area contributed by atoms with Gasteiger partial charge in [-0.2, -0.15) is 0 Å². The Kier molecular flexibility index (Phi) is 7.56. The molecule has 0 atom stereocenters. The summed E-state index contributed by atoms with van der Waals surface area (Å²) in [5, 5.41) is 4.98. The lowest BCUT2D eigenvalue weighted by Crippen LogP contribution is -2.16. The molecule has 0 saturated carbocycles. The van der Waals surface area contributed by atoms with Crippen LogP contribution in [0.4, 0.5) is 17.1 Å². The Labute approximate surface area is 317 Å². The lowest BCUT2D eigenvalue weighted by Gasteiger charge is -2.31. The molecule has 0 N–H and O–H groups in total. The van der Waals surface area contributed by atoms with Crippen molar-refractivity contribution in [2.75, 3.05) is 4.90 Å². The van der Waals surface area contributed by atoms with Gasteiger partial charge in [-0.25, -0.2) is 0 Å². The Bertz CT molecular complexity index is 2840. The zero-order valence-corrected chi connectivity index (χ0v) is 30.5. The van der Waals surface area contributed by atoms with E-state index in [1.807, 2.05) is 0 Å². The van der Waals surface area contributed by atoms with Gasteiger partial charge in [0.1, 0.15) is 0 Å². The van der Waals surface area contributed by atoms with Gasteiger partial charge in [0.2, 0.25) is 0 Å². The van der Waals surface area contributed by atoms with Crippen molar-refractivity contribution in [2.24, 2.45) is 0 Å². The SMILES string of the molecule is CC1(C)c2ccccc2-c2c(N(c3ccc(-c4cccc5ccccc45)cc3)c3ccc(-c4ccccc4)cc3-c3ccc4ccccc4c3)cccc21. The maximum atomic E-state index is 2.50. The fraction of sp³-hybridized carbons (Fsp3) is 0.0566. The summed E-state index contributed by atoms with van der Waals surface area (Å²) in [6.45, 7) is 4.72. The maximum absolute atomic E-state index is 2.50. The minimum atomic E-state index is -0.121. The average molecular weight is 690 g/mol. The summed E-state index contributed by atoms with van der Waals surface area (Å²) < 4.78 is 0. The van der Waals surface area contributed by atoms with Crippen LogP contribution in [0.2, 0.25) is 0 Å². The lowest BCUT2D eigenvalue weighted by molar-refractivity contribution is 0.660. The van der Waals surface area contributed by atoms with Gasteiger partial charge >= 0.3 is 0 Å². The van der Waals surface area contributed by atoms with Crippen molar-refractivity contribution >= 4 is 38.6 Å². The third-order valence-corrected chi connectivity index (χ3v) is 11.5. The van der Waals surface area contributed by atoms with Crippen molar-refractivity contribution in [3.05, 3.63) is 211 Å². The van der Waals surface area contributed by atoms with Crippen LogP contribution in [-0.4, -0.2) is 0 Å². The van der Waals surface area contributed by atoms with Crippen LogP contribution in [0.5, 0.6) is 0 Å². The molecule has 1 aliphatic rings. The second kappa shape index (κ2) is 12.8. The van der Waals surface area contributed by atoms with Gasteiger partial charge in [-0.1, -0.05) is 178 Å². The van der Waals surface area contributed by atoms with Gasteiger partial charge in [-0.3, -0.25) is 0 Å². The van der Waals surface area contributed by atoms with Crippen LogP contribution in [-0.2, 0) is 5.41 Å². The van der Waals surface area contributed by atoms with Gasteiger partial charge in [0.05, 0.1) is 11.4 Å². The molecule has 0 heterocycles. The van der Waals surface area contributed by atoms with E-state index in [0.29, 0.717) is 0 Å². The zero-order chi connectivity index (χ0) is 36.2. The normalized spacial score (nSPS) is 12.8. The van der Waals surface area contributed by atoms with E-state index in [9.17, 15) is 0 Å². The topological polar surface area (TPSA) is 3.24 Å². The molecular weight excluding hydrogens is 651 g/mol. The van der Waals surface area contributed by atoms with Crippen LogP contribution in [0.15, 0.2) is 200 Å². The minimum Gasteiger partial charge on any atom is -0.309 e. The average Bonchev–Trinajstić information content (AvgIpc) is 3.47. The highest BCUT2D eigenvalue weighted by atomic mass is 15.1. The molecule has 0 spiro atoms. The first-order chi connectivity index (χ1) is 26.5. The number of nitrogens with zero attached hydrogens (tertiary/aromatic N) is 1. The predicted molar refractivity (Wildman–Crippen MR) is 230 cm³/mol. The largest absolute Gasteiger partial charge is 0.309 e. The summed E-state index contributed by atoms with van der Waals surface area (Å²) in [5.74, 6) is 0. The molecule has 0 fully saturated rings. The predicted octanol–water partition coefficient (Wildman–Crippen LogP) is 14.8. The summed E-state index contributed by atoms with van der Waals surface area (Å²) in [5.41, 5.74) is 15.8. The van der Waals surface area contributed by atoms with Crippen molar-refractivity contribution in [3.8, 4) is 44.5 Å². The second-order valence-electron chi connectivity index (χ2n) is 14.9. The van der Waals surface area contributed by atoms with E-state index < -0.39 is 0 Å². The molecule has 256 valence electrons. The van der Waals surface area contributed by atoms with Crippen LogP contribution in [0.3, 0.4) is 0 Å². The van der Waals surface area contributed by atoms with E-state index in [4.69, 9.17) is 0 Å². The number of fused-ring (bicyclic) bond motifs is 5. The molecule has 0 bridgehead atoms. The number of rotatable bonds is 6. The van der Waals surface area contributed by atoms with Gasteiger partial charge in [-0.15, -0.1) is 0 Å². The highest BCUT2D eigenvalue weighted by molar-refractivity contribution is 6.01. The Hall–Kier alpha value is -6.70. The first-order valence-electron chi connectivity index (χ1n) is 18.8. The summed E-state index contributed by atoms with van der Waals surface area (Å²) in [7, 11) is 0. The molecule has 0 amide bonds. The molecule has 0 saturated heterocycles. The van der Waals surface area contributed by atoms with Crippen LogP contribution in [0.1, 0.15) is 25.0 Å². The molecule has 54 heavy (non-hydrogen) atoms. The first-order valence-corrected chi connectivity index (χ1v) is 18.8. The van der Waals surface area contributed by atoms with Crippen LogP contribution >= 0.6 is 0 Å². The maximum Gasteiger partial charge on any atom is 0.0543 e. The third kappa shape index (κ3) is 5.24. The number of anilines is 3. The number of hydrogen-bond donors (Lipinski definition) is 0. The van der Waals surface area contributed by atoms with Crippen molar-refractivity contribution in [3.63, 3.8) is 0 Å². The quantitative estimate of drug-likeness (QED) is 0.168. The van der Waals surface area contributed by atoms with E-state index in [-0.39, 0.29) is 5.41 Å². The summed E-state index contributed by atoms with van der Waals surface area (Å²) >= 11 is 0. The van der Waals surface area contributed by atoms with Gasteiger partial charge in [-0.05, 0) is 102 Å². The van der Waals surface area contributed by atoms with E-state index in [2.05, 4.69) is 219 Å². The Morgan fingerprint density at radius 3 is 1.83 bits per heavy atom. The molecule has 0 unspecified atom stereocenters. The van der Waals surface area contributed by atoms with Crippen LogP contribution in [0.25, 0.3) is 66.1 Å². The van der Waals surface area contributed by atoms with E-state index in [0.717, 1.165) is 11.4 Å². The summed E-state index contributed by atoms with van der Waals surface area (Å²) in [6.07, 6.45) is 0. The molecule has 1 heteroatoms.